The van der Waals surface area contributed by atoms with Gasteiger partial charge in [-0.3, -0.25) is 19.0 Å². The number of carbonyl (C=O) groups is 2. The van der Waals surface area contributed by atoms with Crippen molar-refractivity contribution in [3.63, 3.8) is 0 Å². The van der Waals surface area contributed by atoms with Crippen molar-refractivity contribution in [3.8, 4) is 0 Å². The highest BCUT2D eigenvalue weighted by Gasteiger charge is 2.24. The Bertz CT molecular complexity index is 1040. The van der Waals surface area contributed by atoms with Gasteiger partial charge in [-0.1, -0.05) is 6.42 Å². The van der Waals surface area contributed by atoms with E-state index < -0.39 is 0 Å². The van der Waals surface area contributed by atoms with Crippen molar-refractivity contribution >= 4 is 33.4 Å². The van der Waals surface area contributed by atoms with Crippen LogP contribution in [0.1, 0.15) is 59.6 Å². The lowest BCUT2D eigenvalue weighted by molar-refractivity contribution is -0.123. The van der Waals surface area contributed by atoms with Gasteiger partial charge in [-0.25, -0.2) is 4.98 Å². The number of rotatable bonds is 6. The number of hydrogen-bond donors (Lipinski definition) is 2. The second-order valence-corrected chi connectivity index (χ2v) is 9.68. The molecule has 0 bridgehead atoms. The molecule has 2 aromatic rings. The highest BCUT2D eigenvalue weighted by Crippen LogP contribution is 2.28. The molecule has 1 saturated heterocycles. The smallest absolute Gasteiger partial charge is 0.262 e. The first-order valence-electron chi connectivity index (χ1n) is 11.3. The van der Waals surface area contributed by atoms with Gasteiger partial charge in [0, 0.05) is 26.1 Å². The van der Waals surface area contributed by atoms with Crippen molar-refractivity contribution in [2.45, 2.75) is 58.4 Å². The minimum absolute atomic E-state index is 0.0104. The van der Waals surface area contributed by atoms with Crippen LogP contribution in [0.3, 0.4) is 0 Å². The Morgan fingerprint density at radius 2 is 2.06 bits per heavy atom. The second kappa shape index (κ2) is 9.48. The number of amides is 2. The Hall–Kier alpha value is -2.26. The quantitative estimate of drug-likeness (QED) is 0.659. The summed E-state index contributed by atoms with van der Waals surface area (Å²) >= 11 is 1.32. The van der Waals surface area contributed by atoms with Crippen LogP contribution in [0.25, 0.3) is 10.2 Å². The molecule has 2 aliphatic rings. The molecule has 0 saturated carbocycles. The summed E-state index contributed by atoms with van der Waals surface area (Å²) in [4.78, 5) is 45.5. The van der Waals surface area contributed by atoms with E-state index in [-0.39, 0.29) is 23.3 Å². The largest absolute Gasteiger partial charge is 0.369 e. The van der Waals surface area contributed by atoms with E-state index in [1.165, 1.54) is 11.3 Å². The van der Waals surface area contributed by atoms with Gasteiger partial charge < -0.3 is 16.0 Å². The fourth-order valence-corrected chi connectivity index (χ4v) is 5.81. The first-order valence-corrected chi connectivity index (χ1v) is 12.1. The van der Waals surface area contributed by atoms with Crippen LogP contribution in [0.2, 0.25) is 0 Å². The topological polar surface area (TPSA) is 110 Å². The number of nitrogens with two attached hydrogens (primary N) is 1. The molecule has 1 fully saturated rings. The highest BCUT2D eigenvalue weighted by atomic mass is 32.1. The van der Waals surface area contributed by atoms with Gasteiger partial charge in [0.1, 0.15) is 10.7 Å². The molecule has 1 atom stereocenters. The minimum atomic E-state index is -0.222. The van der Waals surface area contributed by atoms with Gasteiger partial charge in [-0.15, -0.1) is 11.3 Å². The van der Waals surface area contributed by atoms with Crippen LogP contribution >= 0.6 is 11.3 Å². The van der Waals surface area contributed by atoms with E-state index in [0.29, 0.717) is 34.7 Å². The lowest BCUT2D eigenvalue weighted by Crippen LogP contribution is -2.42. The van der Waals surface area contributed by atoms with Gasteiger partial charge in [-0.2, -0.15) is 0 Å². The average molecular weight is 446 g/mol. The van der Waals surface area contributed by atoms with E-state index in [0.717, 1.165) is 69.4 Å². The number of thiophene rings is 1. The first kappa shape index (κ1) is 22.0. The number of carbonyl (C=O) groups excluding carboxylic acids is 2. The SMILES string of the molecule is Cc1c(C(=O)NCCCN2CCCC(C(N)=O)C2)sc2nc3n(c(=O)c12)CCCCC3. The summed E-state index contributed by atoms with van der Waals surface area (Å²) in [6.45, 7) is 5.60. The summed E-state index contributed by atoms with van der Waals surface area (Å²) in [6, 6.07) is 0. The summed E-state index contributed by atoms with van der Waals surface area (Å²) in [5, 5.41) is 3.58. The number of fused-ring (bicyclic) bond motifs is 2. The predicted molar refractivity (Wildman–Crippen MR) is 121 cm³/mol. The molecule has 8 nitrogen and oxygen atoms in total. The van der Waals surface area contributed by atoms with Crippen molar-refractivity contribution < 1.29 is 9.59 Å². The zero-order valence-corrected chi connectivity index (χ0v) is 18.9. The maximum absolute atomic E-state index is 13.1. The molecule has 9 heteroatoms. The molecule has 2 aromatic heterocycles. The first-order chi connectivity index (χ1) is 15.0. The predicted octanol–water partition coefficient (Wildman–Crippen LogP) is 1.81. The Labute approximate surface area is 185 Å². The zero-order valence-electron chi connectivity index (χ0n) is 18.1. The molecular weight excluding hydrogens is 414 g/mol. The maximum Gasteiger partial charge on any atom is 0.262 e. The average Bonchev–Trinajstić information content (AvgIpc) is 2.92. The standard InChI is InChI=1S/C22H31N5O3S/c1-14-17-21(25-16-8-3-2-4-12-27(16)22(17)30)31-18(14)20(29)24-9-6-11-26-10-5-7-15(13-26)19(23)28/h15H,2-13H2,1H3,(H2,23,28)(H,24,29). The van der Waals surface area contributed by atoms with E-state index in [1.54, 1.807) is 4.57 Å². The molecule has 3 N–H and O–H groups in total. The fraction of sp³-hybridized carbons (Fsp3) is 0.636. The molecule has 2 amide bonds. The van der Waals surface area contributed by atoms with E-state index in [1.807, 2.05) is 6.92 Å². The van der Waals surface area contributed by atoms with Crippen molar-refractivity contribution in [2.75, 3.05) is 26.2 Å². The number of likely N-dealkylation sites (tertiary alicyclic amines) is 1. The summed E-state index contributed by atoms with van der Waals surface area (Å²) in [5.74, 6) is 0.416. The normalized spacial score (nSPS) is 19.7. The molecule has 31 heavy (non-hydrogen) atoms. The maximum atomic E-state index is 13.1. The van der Waals surface area contributed by atoms with E-state index in [4.69, 9.17) is 10.7 Å². The summed E-state index contributed by atoms with van der Waals surface area (Å²) in [7, 11) is 0. The van der Waals surface area contributed by atoms with E-state index >= 15 is 0 Å². The van der Waals surface area contributed by atoms with Crippen molar-refractivity contribution in [1.29, 1.82) is 0 Å². The minimum Gasteiger partial charge on any atom is -0.369 e. The summed E-state index contributed by atoms with van der Waals surface area (Å²) in [5.41, 5.74) is 6.16. The van der Waals surface area contributed by atoms with Crippen LogP contribution in [0, 0.1) is 12.8 Å². The molecule has 4 rings (SSSR count). The van der Waals surface area contributed by atoms with Crippen LogP contribution in [-0.2, 0) is 17.8 Å². The second-order valence-electron chi connectivity index (χ2n) is 8.68. The lowest BCUT2D eigenvalue weighted by atomic mass is 9.97. The number of nitrogens with zero attached hydrogens (tertiary/aromatic N) is 3. The Morgan fingerprint density at radius 1 is 1.23 bits per heavy atom. The fourth-order valence-electron chi connectivity index (χ4n) is 4.70. The number of aromatic nitrogens is 2. The van der Waals surface area contributed by atoms with Crippen LogP contribution in [0.4, 0.5) is 0 Å². The third-order valence-corrected chi connectivity index (χ3v) is 7.65. The Morgan fingerprint density at radius 3 is 2.87 bits per heavy atom. The third kappa shape index (κ3) is 4.67. The molecule has 0 aromatic carbocycles. The van der Waals surface area contributed by atoms with Crippen molar-refractivity contribution in [1.82, 2.24) is 19.8 Å². The summed E-state index contributed by atoms with van der Waals surface area (Å²) < 4.78 is 1.80. The molecule has 2 aliphatic heterocycles. The van der Waals surface area contributed by atoms with Crippen LogP contribution < -0.4 is 16.6 Å². The van der Waals surface area contributed by atoms with E-state index in [9.17, 15) is 14.4 Å². The lowest BCUT2D eigenvalue weighted by Gasteiger charge is -2.31. The van der Waals surface area contributed by atoms with Gasteiger partial charge >= 0.3 is 0 Å². The Balaban J connectivity index is 1.39. The molecule has 0 aliphatic carbocycles. The van der Waals surface area contributed by atoms with Crippen LogP contribution in [-0.4, -0.2) is 52.4 Å². The van der Waals surface area contributed by atoms with Crippen molar-refractivity contribution in [3.05, 3.63) is 26.6 Å². The summed E-state index contributed by atoms with van der Waals surface area (Å²) in [6.07, 6.45) is 6.62. The van der Waals surface area contributed by atoms with Gasteiger partial charge in [0.05, 0.1) is 16.2 Å². The molecule has 0 spiro atoms. The van der Waals surface area contributed by atoms with Crippen LogP contribution in [0.15, 0.2) is 4.79 Å². The highest BCUT2D eigenvalue weighted by molar-refractivity contribution is 7.20. The van der Waals surface area contributed by atoms with Gasteiger partial charge in [-0.05, 0) is 57.7 Å². The van der Waals surface area contributed by atoms with Crippen LogP contribution in [0.5, 0.6) is 0 Å². The van der Waals surface area contributed by atoms with Gasteiger partial charge in [0.25, 0.3) is 11.5 Å². The van der Waals surface area contributed by atoms with Gasteiger partial charge in [0.2, 0.25) is 5.91 Å². The number of primary amides is 1. The molecule has 1 unspecified atom stereocenters. The number of nitrogens with one attached hydrogen (secondary N) is 1. The van der Waals surface area contributed by atoms with Crippen molar-refractivity contribution in [2.24, 2.45) is 11.7 Å². The monoisotopic (exact) mass is 445 g/mol. The number of hydrogen-bond acceptors (Lipinski definition) is 6. The zero-order chi connectivity index (χ0) is 22.0. The van der Waals surface area contributed by atoms with E-state index in [2.05, 4.69) is 10.2 Å². The number of aryl methyl sites for hydroxylation is 2. The Kier molecular flexibility index (Phi) is 6.71. The number of piperidine rings is 1. The molecule has 4 heterocycles. The van der Waals surface area contributed by atoms with Gasteiger partial charge in [0.15, 0.2) is 0 Å². The molecule has 168 valence electrons. The third-order valence-electron chi connectivity index (χ3n) is 6.46. The molecular formula is C22H31N5O3S. The molecule has 0 radical (unpaired) electrons.